The lowest BCUT2D eigenvalue weighted by atomic mass is 9.36. The van der Waals surface area contributed by atoms with Gasteiger partial charge in [0.15, 0.2) is 5.78 Å². The van der Waals surface area contributed by atoms with E-state index in [1.807, 2.05) is 6.92 Å². The lowest BCUT2D eigenvalue weighted by Gasteiger charge is -2.74. The quantitative estimate of drug-likeness (QED) is 0.462. The summed E-state index contributed by atoms with van der Waals surface area (Å²) in [6, 6.07) is 0. The van der Waals surface area contributed by atoms with Crippen LogP contribution in [0.25, 0.3) is 0 Å². The Morgan fingerprint density at radius 2 is 2.00 bits per heavy atom. The van der Waals surface area contributed by atoms with E-state index >= 15 is 0 Å². The predicted molar refractivity (Wildman–Crippen MR) is 100 cm³/mol. The number of hydrogen-bond acceptors (Lipinski definition) is 7. The highest BCUT2D eigenvalue weighted by Crippen LogP contribution is 2.76. The SMILES string of the molecule is C=C1C(=O)[C@]23[C@H](CC[C@H]1[C@@H]2O)[C@]12CCC[C@](C)(COC(C)=O)[C@H]1[C@H](O)[C@]3(O)OC2. The third-order valence-electron chi connectivity index (χ3n) is 9.21. The van der Waals surface area contributed by atoms with Crippen molar-refractivity contribution in [1.82, 2.24) is 0 Å². The van der Waals surface area contributed by atoms with Crippen molar-refractivity contribution in [2.24, 2.45) is 34.0 Å². The van der Waals surface area contributed by atoms with Crippen LogP contribution in [0.2, 0.25) is 0 Å². The number of aliphatic hydroxyl groups excluding tert-OH is 2. The number of fused-ring (bicyclic) bond motifs is 2. The van der Waals surface area contributed by atoms with Gasteiger partial charge in [-0.05, 0) is 37.2 Å². The largest absolute Gasteiger partial charge is 0.465 e. The highest BCUT2D eigenvalue weighted by molar-refractivity contribution is 6.05. The van der Waals surface area contributed by atoms with Crippen LogP contribution in [0.3, 0.4) is 0 Å². The summed E-state index contributed by atoms with van der Waals surface area (Å²) in [7, 11) is 0. The highest BCUT2D eigenvalue weighted by atomic mass is 16.6. The fourth-order valence-electron chi connectivity index (χ4n) is 8.24. The molecule has 6 aliphatic rings. The number of Topliss-reactive ketones (excluding diaryl/α,β-unsaturated/α-hetero) is 1. The maximum absolute atomic E-state index is 13.5. The molecule has 7 nitrogen and oxygen atoms in total. The minimum Gasteiger partial charge on any atom is -0.465 e. The average molecular weight is 406 g/mol. The van der Waals surface area contributed by atoms with Crippen LogP contribution in [0.15, 0.2) is 12.2 Å². The lowest BCUT2D eigenvalue weighted by molar-refractivity contribution is -0.450. The van der Waals surface area contributed by atoms with Crippen molar-refractivity contribution >= 4 is 11.8 Å². The second-order valence-electron chi connectivity index (χ2n) is 10.3. The summed E-state index contributed by atoms with van der Waals surface area (Å²) < 4.78 is 11.3. The molecule has 0 unspecified atom stereocenters. The van der Waals surface area contributed by atoms with Crippen LogP contribution < -0.4 is 0 Å². The van der Waals surface area contributed by atoms with E-state index in [4.69, 9.17) is 9.47 Å². The maximum atomic E-state index is 13.5. The molecule has 7 heteroatoms. The van der Waals surface area contributed by atoms with E-state index in [1.54, 1.807) is 0 Å². The Morgan fingerprint density at radius 3 is 2.69 bits per heavy atom. The third kappa shape index (κ3) is 1.94. The zero-order valence-corrected chi connectivity index (χ0v) is 17.0. The number of rotatable bonds is 2. The zero-order chi connectivity index (χ0) is 21.0. The molecule has 3 N–H and O–H groups in total. The maximum Gasteiger partial charge on any atom is 0.302 e. The Labute approximate surface area is 170 Å². The van der Waals surface area contributed by atoms with Crippen molar-refractivity contribution in [2.75, 3.05) is 13.2 Å². The topological polar surface area (TPSA) is 113 Å². The Balaban J connectivity index is 1.68. The van der Waals surface area contributed by atoms with Gasteiger partial charge in [-0.1, -0.05) is 19.9 Å². The summed E-state index contributed by atoms with van der Waals surface area (Å²) in [6.45, 7) is 7.63. The molecule has 9 atom stereocenters. The smallest absolute Gasteiger partial charge is 0.302 e. The second-order valence-corrected chi connectivity index (χ2v) is 10.3. The van der Waals surface area contributed by atoms with Crippen LogP contribution in [0.5, 0.6) is 0 Å². The molecule has 0 aromatic heterocycles. The van der Waals surface area contributed by atoms with Crippen LogP contribution in [0, 0.1) is 34.0 Å². The Hall–Kier alpha value is -1.28. The van der Waals surface area contributed by atoms with Crippen molar-refractivity contribution < 1.29 is 34.4 Å². The first-order valence-corrected chi connectivity index (χ1v) is 10.7. The minimum absolute atomic E-state index is 0.146. The molecule has 0 aromatic rings. The molecule has 2 saturated heterocycles. The van der Waals surface area contributed by atoms with Gasteiger partial charge in [-0.25, -0.2) is 0 Å². The van der Waals surface area contributed by atoms with E-state index < -0.39 is 46.1 Å². The van der Waals surface area contributed by atoms with Gasteiger partial charge in [0, 0.05) is 29.6 Å². The van der Waals surface area contributed by atoms with E-state index in [-0.39, 0.29) is 30.9 Å². The van der Waals surface area contributed by atoms with Crippen LogP contribution in [0.4, 0.5) is 0 Å². The minimum atomic E-state index is -2.17. The number of carbonyl (C=O) groups excluding carboxylic acids is 2. The number of ether oxygens (including phenoxy) is 2. The molecule has 160 valence electrons. The van der Waals surface area contributed by atoms with Gasteiger partial charge in [0.1, 0.15) is 11.5 Å². The van der Waals surface area contributed by atoms with E-state index in [9.17, 15) is 24.9 Å². The van der Waals surface area contributed by atoms with Gasteiger partial charge in [0.05, 0.1) is 19.3 Å². The molecule has 2 spiro atoms. The Morgan fingerprint density at radius 1 is 1.28 bits per heavy atom. The van der Waals surface area contributed by atoms with Gasteiger partial charge >= 0.3 is 5.97 Å². The molecule has 0 aromatic carbocycles. The summed E-state index contributed by atoms with van der Waals surface area (Å²) in [4.78, 5) is 25.0. The normalized spacial score (nSPS) is 55.4. The van der Waals surface area contributed by atoms with Crippen LogP contribution in [-0.4, -0.2) is 58.3 Å². The standard InChI is InChI=1S/C22H30O7/c1-11-13-5-6-14-20-8-4-7-19(3,9-28-12(2)23)15(20)18(26)22(27,29-10-20)21(14,16(11)24)17(13)25/h13-15,17-18,25-27H,1,4-10H2,2-3H3/t13-,14-,15-,17+,18+,19-,20-,21-,22+/m1/s1. The summed E-state index contributed by atoms with van der Waals surface area (Å²) in [5.74, 6) is -4.02. The Bertz CT molecular complexity index is 809. The monoisotopic (exact) mass is 406 g/mol. The van der Waals surface area contributed by atoms with E-state index in [0.717, 1.165) is 19.3 Å². The molecule has 0 amide bonds. The third-order valence-corrected chi connectivity index (χ3v) is 9.21. The van der Waals surface area contributed by atoms with Gasteiger partial charge in [0.25, 0.3) is 0 Å². The van der Waals surface area contributed by atoms with Gasteiger partial charge in [-0.2, -0.15) is 0 Å². The molecule has 4 saturated carbocycles. The first-order valence-electron chi connectivity index (χ1n) is 10.7. The number of esters is 1. The summed E-state index contributed by atoms with van der Waals surface area (Å²) in [5.41, 5.74) is -2.35. The molecule has 29 heavy (non-hydrogen) atoms. The molecular weight excluding hydrogens is 376 g/mol. The fraction of sp³-hybridized carbons (Fsp3) is 0.818. The van der Waals surface area contributed by atoms with E-state index in [2.05, 4.69) is 6.58 Å². The van der Waals surface area contributed by atoms with Crippen molar-refractivity contribution in [2.45, 2.75) is 63.9 Å². The number of ketones is 1. The lowest BCUT2D eigenvalue weighted by Crippen LogP contribution is -2.84. The zero-order valence-electron chi connectivity index (χ0n) is 17.0. The van der Waals surface area contributed by atoms with Gasteiger partial charge in [0.2, 0.25) is 5.79 Å². The summed E-state index contributed by atoms with van der Waals surface area (Å²) >= 11 is 0. The molecule has 4 bridgehead atoms. The average Bonchev–Trinajstić information content (AvgIpc) is 2.77. The van der Waals surface area contributed by atoms with Crippen molar-refractivity contribution in [3.8, 4) is 0 Å². The van der Waals surface area contributed by atoms with Crippen LogP contribution in [0.1, 0.15) is 46.0 Å². The van der Waals surface area contributed by atoms with Crippen LogP contribution >= 0.6 is 0 Å². The van der Waals surface area contributed by atoms with E-state index in [0.29, 0.717) is 18.4 Å². The molecule has 6 rings (SSSR count). The summed E-state index contributed by atoms with van der Waals surface area (Å²) in [6.07, 6.45) is 1.15. The molecule has 4 aliphatic carbocycles. The van der Waals surface area contributed by atoms with Crippen molar-refractivity contribution in [3.05, 3.63) is 12.2 Å². The van der Waals surface area contributed by atoms with E-state index in [1.165, 1.54) is 6.92 Å². The number of hydrogen-bond donors (Lipinski definition) is 3. The molecule has 2 aliphatic heterocycles. The fourth-order valence-corrected chi connectivity index (χ4v) is 8.24. The highest BCUT2D eigenvalue weighted by Gasteiger charge is 2.85. The van der Waals surface area contributed by atoms with Gasteiger partial charge in [-0.15, -0.1) is 0 Å². The number of carbonyl (C=O) groups is 2. The van der Waals surface area contributed by atoms with Gasteiger partial charge < -0.3 is 24.8 Å². The summed E-state index contributed by atoms with van der Waals surface area (Å²) in [5, 5.41) is 34.5. The Kier molecular flexibility index (Phi) is 3.86. The molecule has 6 fully saturated rings. The first-order chi connectivity index (χ1) is 13.6. The number of aliphatic hydroxyl groups is 3. The molecule has 2 heterocycles. The second kappa shape index (κ2) is 5.69. The molecular formula is C22H30O7. The predicted octanol–water partition coefficient (Wildman–Crippen LogP) is 0.948. The first kappa shape index (κ1) is 19.7. The van der Waals surface area contributed by atoms with Crippen molar-refractivity contribution in [1.29, 1.82) is 0 Å². The van der Waals surface area contributed by atoms with Gasteiger partial charge in [-0.3, -0.25) is 9.59 Å². The van der Waals surface area contributed by atoms with Crippen molar-refractivity contribution in [3.63, 3.8) is 0 Å². The molecule has 0 radical (unpaired) electrons. The van der Waals surface area contributed by atoms with Crippen LogP contribution in [-0.2, 0) is 19.1 Å².